The minimum absolute atomic E-state index is 0.211. The van der Waals surface area contributed by atoms with Gasteiger partial charge in [-0.3, -0.25) is 9.59 Å². The summed E-state index contributed by atoms with van der Waals surface area (Å²) in [5.74, 6) is -0.409. The number of benzene rings is 1. The Balaban J connectivity index is 1.80. The van der Waals surface area contributed by atoms with Crippen molar-refractivity contribution >= 4 is 23.4 Å². The summed E-state index contributed by atoms with van der Waals surface area (Å²) in [6.07, 6.45) is -2.02. The lowest BCUT2D eigenvalue weighted by Crippen LogP contribution is -2.29. The first kappa shape index (κ1) is 23.2. The van der Waals surface area contributed by atoms with E-state index in [4.69, 9.17) is 11.6 Å². The number of nitrogens with zero attached hydrogens (tertiary/aromatic N) is 4. The van der Waals surface area contributed by atoms with Crippen molar-refractivity contribution in [2.75, 3.05) is 6.54 Å². The average Bonchev–Trinajstić information content (AvgIpc) is 3.23. The van der Waals surface area contributed by atoms with E-state index in [1.165, 1.54) is 17.2 Å². The zero-order chi connectivity index (χ0) is 23.5. The molecule has 3 aromatic rings. The second-order valence-corrected chi connectivity index (χ2v) is 7.15. The molecule has 32 heavy (non-hydrogen) atoms. The van der Waals surface area contributed by atoms with Gasteiger partial charge in [-0.15, -0.1) is 0 Å². The standard InChI is InChI=1S/C20H18ClF3N6O2/c1-3-25-18(31)12-4-5-16(26-9-12)30-17(27-10-28-30)11(2)29-19(32)13-6-14(20(22,23)24)8-15(21)7-13/h4-11H,3H2,1-2H3,(H,25,31)(H,29,32)/t11-/m0/s1. The van der Waals surface area contributed by atoms with E-state index in [0.29, 0.717) is 17.9 Å². The van der Waals surface area contributed by atoms with E-state index in [1.54, 1.807) is 26.0 Å². The fourth-order valence-electron chi connectivity index (χ4n) is 2.86. The van der Waals surface area contributed by atoms with E-state index >= 15 is 0 Å². The third-order valence-electron chi connectivity index (χ3n) is 4.36. The second kappa shape index (κ2) is 9.35. The number of amides is 2. The van der Waals surface area contributed by atoms with Crippen molar-refractivity contribution in [3.05, 3.63) is 70.4 Å². The van der Waals surface area contributed by atoms with Crippen molar-refractivity contribution in [2.24, 2.45) is 0 Å². The summed E-state index contributed by atoms with van der Waals surface area (Å²) in [4.78, 5) is 32.7. The Labute approximate surface area is 185 Å². The zero-order valence-electron chi connectivity index (χ0n) is 16.9. The molecule has 0 saturated heterocycles. The monoisotopic (exact) mass is 466 g/mol. The van der Waals surface area contributed by atoms with Gasteiger partial charge in [0, 0.05) is 23.3 Å². The van der Waals surface area contributed by atoms with Crippen molar-refractivity contribution in [3.63, 3.8) is 0 Å². The van der Waals surface area contributed by atoms with Crippen LogP contribution in [0, 0.1) is 0 Å². The molecule has 12 heteroatoms. The van der Waals surface area contributed by atoms with Gasteiger partial charge in [-0.2, -0.15) is 23.0 Å². The maximum atomic E-state index is 13.0. The van der Waals surface area contributed by atoms with E-state index in [0.717, 1.165) is 18.2 Å². The van der Waals surface area contributed by atoms with E-state index in [9.17, 15) is 22.8 Å². The van der Waals surface area contributed by atoms with Crippen LogP contribution in [0.5, 0.6) is 0 Å². The Bertz CT molecular complexity index is 1130. The molecule has 2 amide bonds. The Hall–Kier alpha value is -3.47. The molecule has 2 aromatic heterocycles. The highest BCUT2D eigenvalue weighted by Gasteiger charge is 2.32. The summed E-state index contributed by atoms with van der Waals surface area (Å²) in [6, 6.07) is 5.00. The molecule has 3 rings (SSSR count). The number of carbonyl (C=O) groups is 2. The molecule has 0 aliphatic heterocycles. The number of hydrogen-bond donors (Lipinski definition) is 2. The molecule has 0 aliphatic carbocycles. The average molecular weight is 467 g/mol. The van der Waals surface area contributed by atoms with Crippen LogP contribution < -0.4 is 10.6 Å². The predicted molar refractivity (Wildman–Crippen MR) is 109 cm³/mol. The quantitative estimate of drug-likeness (QED) is 0.578. The molecule has 0 saturated carbocycles. The van der Waals surface area contributed by atoms with Crippen molar-refractivity contribution in [3.8, 4) is 5.82 Å². The van der Waals surface area contributed by atoms with Gasteiger partial charge in [-0.1, -0.05) is 11.6 Å². The first-order chi connectivity index (χ1) is 15.1. The number of halogens is 4. The van der Waals surface area contributed by atoms with Gasteiger partial charge in [0.15, 0.2) is 11.6 Å². The molecule has 2 N–H and O–H groups in total. The number of hydrogen-bond acceptors (Lipinski definition) is 5. The van der Waals surface area contributed by atoms with Crippen LogP contribution in [0.15, 0.2) is 42.9 Å². The van der Waals surface area contributed by atoms with E-state index < -0.39 is 23.7 Å². The van der Waals surface area contributed by atoms with Crippen LogP contribution in [0.25, 0.3) is 5.82 Å². The van der Waals surface area contributed by atoms with Crippen LogP contribution in [-0.2, 0) is 6.18 Å². The molecular weight excluding hydrogens is 449 g/mol. The molecule has 0 fully saturated rings. The topological polar surface area (TPSA) is 102 Å². The smallest absolute Gasteiger partial charge is 0.352 e. The number of alkyl halides is 3. The van der Waals surface area contributed by atoms with Crippen LogP contribution in [-0.4, -0.2) is 38.1 Å². The van der Waals surface area contributed by atoms with Crippen molar-refractivity contribution < 1.29 is 22.8 Å². The number of aromatic nitrogens is 4. The minimum atomic E-state index is -4.64. The lowest BCUT2D eigenvalue weighted by atomic mass is 10.1. The number of pyridine rings is 1. The van der Waals surface area contributed by atoms with E-state index in [2.05, 4.69) is 25.7 Å². The highest BCUT2D eigenvalue weighted by molar-refractivity contribution is 6.31. The van der Waals surface area contributed by atoms with Crippen LogP contribution >= 0.6 is 11.6 Å². The summed E-state index contributed by atoms with van der Waals surface area (Å²) < 4.78 is 40.4. The van der Waals surface area contributed by atoms with E-state index in [-0.39, 0.29) is 22.3 Å². The fourth-order valence-corrected chi connectivity index (χ4v) is 3.09. The third-order valence-corrected chi connectivity index (χ3v) is 4.58. The molecule has 0 bridgehead atoms. The summed E-state index contributed by atoms with van der Waals surface area (Å²) in [7, 11) is 0. The van der Waals surface area contributed by atoms with Gasteiger partial charge >= 0.3 is 6.18 Å². The molecule has 2 heterocycles. The van der Waals surface area contributed by atoms with Gasteiger partial charge in [0.25, 0.3) is 11.8 Å². The van der Waals surface area contributed by atoms with Gasteiger partial charge in [0.05, 0.1) is 17.2 Å². The maximum absolute atomic E-state index is 13.0. The second-order valence-electron chi connectivity index (χ2n) is 6.72. The Morgan fingerprint density at radius 1 is 1.12 bits per heavy atom. The SMILES string of the molecule is CCNC(=O)c1ccc(-n2ncnc2[C@H](C)NC(=O)c2cc(Cl)cc(C(F)(F)F)c2)nc1. The fraction of sp³-hybridized carbons (Fsp3) is 0.250. The molecule has 0 radical (unpaired) electrons. The van der Waals surface area contributed by atoms with E-state index in [1.807, 2.05) is 0 Å². The van der Waals surface area contributed by atoms with Gasteiger partial charge in [0.1, 0.15) is 6.33 Å². The molecule has 8 nitrogen and oxygen atoms in total. The molecular formula is C20H18ClF3N6O2. The van der Waals surface area contributed by atoms with Crippen LogP contribution in [0.3, 0.4) is 0 Å². The molecule has 168 valence electrons. The zero-order valence-corrected chi connectivity index (χ0v) is 17.7. The predicted octanol–water partition coefficient (Wildman–Crippen LogP) is 3.58. The lowest BCUT2D eigenvalue weighted by molar-refractivity contribution is -0.137. The molecule has 0 aliphatic rings. The lowest BCUT2D eigenvalue weighted by Gasteiger charge is -2.15. The largest absolute Gasteiger partial charge is 0.416 e. The number of carbonyl (C=O) groups excluding carboxylic acids is 2. The molecule has 1 aromatic carbocycles. The summed E-state index contributed by atoms with van der Waals surface area (Å²) >= 11 is 5.75. The molecule has 0 spiro atoms. The van der Waals surface area contributed by atoms with Crippen molar-refractivity contribution in [1.82, 2.24) is 30.4 Å². The van der Waals surface area contributed by atoms with Gasteiger partial charge in [0.2, 0.25) is 0 Å². The Morgan fingerprint density at radius 3 is 2.50 bits per heavy atom. The van der Waals surface area contributed by atoms with Gasteiger partial charge in [-0.25, -0.2) is 9.97 Å². The first-order valence-corrected chi connectivity index (χ1v) is 9.81. The Morgan fingerprint density at radius 2 is 1.88 bits per heavy atom. The summed E-state index contributed by atoms with van der Waals surface area (Å²) in [5, 5.41) is 9.11. The first-order valence-electron chi connectivity index (χ1n) is 9.43. The summed E-state index contributed by atoms with van der Waals surface area (Å²) in [5.41, 5.74) is -0.908. The van der Waals surface area contributed by atoms with Crippen molar-refractivity contribution in [1.29, 1.82) is 0 Å². The van der Waals surface area contributed by atoms with Crippen LogP contribution in [0.2, 0.25) is 5.02 Å². The summed E-state index contributed by atoms with van der Waals surface area (Å²) in [6.45, 7) is 3.86. The van der Waals surface area contributed by atoms with Gasteiger partial charge in [-0.05, 0) is 44.2 Å². The van der Waals surface area contributed by atoms with Crippen LogP contribution in [0.1, 0.15) is 52.0 Å². The number of rotatable bonds is 6. The normalized spacial score (nSPS) is 12.3. The maximum Gasteiger partial charge on any atom is 0.416 e. The molecule has 1 atom stereocenters. The third kappa shape index (κ3) is 5.22. The molecule has 0 unspecified atom stereocenters. The van der Waals surface area contributed by atoms with Gasteiger partial charge < -0.3 is 10.6 Å². The Kier molecular flexibility index (Phi) is 6.78. The highest BCUT2D eigenvalue weighted by Crippen LogP contribution is 2.32. The highest BCUT2D eigenvalue weighted by atomic mass is 35.5. The van der Waals surface area contributed by atoms with Crippen molar-refractivity contribution in [2.45, 2.75) is 26.1 Å². The number of nitrogens with one attached hydrogen (secondary N) is 2. The van der Waals surface area contributed by atoms with Crippen LogP contribution in [0.4, 0.5) is 13.2 Å². The minimum Gasteiger partial charge on any atom is -0.352 e.